The molecule has 0 amide bonds. The van der Waals surface area contributed by atoms with Crippen molar-refractivity contribution in [1.29, 1.82) is 0 Å². The molecule has 0 radical (unpaired) electrons. The zero-order valence-corrected chi connectivity index (χ0v) is 15.4. The van der Waals surface area contributed by atoms with Gasteiger partial charge in [-0.25, -0.2) is 14.8 Å². The lowest BCUT2D eigenvalue weighted by Gasteiger charge is -2.11. The molecule has 0 spiro atoms. The van der Waals surface area contributed by atoms with Crippen LogP contribution in [-0.2, 0) is 6.61 Å². The van der Waals surface area contributed by atoms with Gasteiger partial charge in [0.05, 0.1) is 22.1 Å². The van der Waals surface area contributed by atoms with E-state index in [1.54, 1.807) is 18.2 Å². The first-order valence-electron chi connectivity index (χ1n) is 9.23. The van der Waals surface area contributed by atoms with Gasteiger partial charge in [-0.1, -0.05) is 48.5 Å². The van der Waals surface area contributed by atoms with Crippen LogP contribution in [0.25, 0.3) is 32.8 Å². The van der Waals surface area contributed by atoms with Gasteiger partial charge in [0.2, 0.25) is 0 Å². The molecule has 5 aromatic rings. The summed E-state index contributed by atoms with van der Waals surface area (Å²) in [7, 11) is 0. The molecule has 5 rings (SSSR count). The lowest BCUT2D eigenvalue weighted by molar-refractivity contribution is 0.0699. The van der Waals surface area contributed by atoms with Gasteiger partial charge < -0.3 is 9.84 Å². The number of aromatic carboxylic acids is 1. The maximum absolute atomic E-state index is 11.6. The average Bonchev–Trinajstić information content (AvgIpc) is 2.76. The van der Waals surface area contributed by atoms with Crippen LogP contribution in [0.3, 0.4) is 0 Å². The average molecular weight is 380 g/mol. The monoisotopic (exact) mass is 380 g/mol. The lowest BCUT2D eigenvalue weighted by Crippen LogP contribution is -2.00. The number of para-hydroxylation sites is 1. The zero-order valence-electron chi connectivity index (χ0n) is 15.4. The molecule has 0 aliphatic heterocycles. The van der Waals surface area contributed by atoms with E-state index in [1.807, 2.05) is 60.7 Å². The quantitative estimate of drug-likeness (QED) is 0.342. The number of aromatic nitrogens is 2. The zero-order chi connectivity index (χ0) is 19.8. The van der Waals surface area contributed by atoms with Crippen LogP contribution in [0.4, 0.5) is 0 Å². The maximum atomic E-state index is 11.6. The van der Waals surface area contributed by atoms with Gasteiger partial charge in [0.1, 0.15) is 17.9 Å². The third-order valence-electron chi connectivity index (χ3n) is 4.92. The fourth-order valence-electron chi connectivity index (χ4n) is 3.52. The summed E-state index contributed by atoms with van der Waals surface area (Å²) in [4.78, 5) is 20.9. The highest BCUT2D eigenvalue weighted by Gasteiger charge is 2.14. The van der Waals surface area contributed by atoms with Crippen molar-refractivity contribution in [2.75, 3.05) is 0 Å². The van der Waals surface area contributed by atoms with Crippen LogP contribution in [0.15, 0.2) is 78.9 Å². The molecule has 0 atom stereocenters. The van der Waals surface area contributed by atoms with Gasteiger partial charge in [0.15, 0.2) is 0 Å². The Hall–Kier alpha value is -3.99. The second-order valence-electron chi connectivity index (χ2n) is 6.76. The third kappa shape index (κ3) is 3.02. The maximum Gasteiger partial charge on any atom is 0.337 e. The number of carboxylic acid groups (broad SMARTS) is 1. The number of fused-ring (bicyclic) bond motifs is 4. The Kier molecular flexibility index (Phi) is 4.06. The minimum Gasteiger partial charge on any atom is -0.488 e. The van der Waals surface area contributed by atoms with E-state index < -0.39 is 5.97 Å². The number of nitrogens with zero attached hydrogens (tertiary/aromatic N) is 2. The Morgan fingerprint density at radius 3 is 2.38 bits per heavy atom. The molecule has 4 aromatic carbocycles. The first-order valence-corrected chi connectivity index (χ1v) is 9.23. The van der Waals surface area contributed by atoms with E-state index in [9.17, 15) is 9.90 Å². The summed E-state index contributed by atoms with van der Waals surface area (Å²) in [6.07, 6.45) is 0. The number of hydrogen-bond donors (Lipinski definition) is 1. The Bertz CT molecular complexity index is 1380. The van der Waals surface area contributed by atoms with Crippen molar-refractivity contribution < 1.29 is 14.6 Å². The van der Waals surface area contributed by atoms with Crippen molar-refractivity contribution >= 4 is 38.8 Å². The Labute approximate surface area is 166 Å². The van der Waals surface area contributed by atoms with Crippen molar-refractivity contribution in [3.63, 3.8) is 0 Å². The van der Waals surface area contributed by atoms with Gasteiger partial charge in [0, 0.05) is 10.8 Å². The SMILES string of the molecule is O=C(O)c1cccc2nc3ccc4c(OCc5ccccc5)cccc4c3nc12. The fourth-order valence-corrected chi connectivity index (χ4v) is 3.52. The number of carbonyl (C=O) groups is 1. The molecule has 0 saturated carbocycles. The summed E-state index contributed by atoms with van der Waals surface area (Å²) in [5, 5.41) is 11.3. The highest BCUT2D eigenvalue weighted by molar-refractivity contribution is 6.10. The summed E-state index contributed by atoms with van der Waals surface area (Å²) in [5.74, 6) is -0.266. The molecule has 0 fully saturated rings. The van der Waals surface area contributed by atoms with E-state index in [1.165, 1.54) is 0 Å². The van der Waals surface area contributed by atoms with Gasteiger partial charge in [-0.2, -0.15) is 0 Å². The van der Waals surface area contributed by atoms with Gasteiger partial charge in [0.25, 0.3) is 0 Å². The highest BCUT2D eigenvalue weighted by atomic mass is 16.5. The Balaban J connectivity index is 1.67. The van der Waals surface area contributed by atoms with Gasteiger partial charge in [-0.05, 0) is 35.9 Å². The van der Waals surface area contributed by atoms with E-state index in [4.69, 9.17) is 4.74 Å². The second-order valence-corrected chi connectivity index (χ2v) is 6.76. The molecular formula is C24H16N2O3. The van der Waals surface area contributed by atoms with Crippen LogP contribution in [0, 0.1) is 0 Å². The number of carboxylic acids is 1. The normalized spacial score (nSPS) is 11.2. The minimum absolute atomic E-state index is 0.144. The molecule has 1 aromatic heterocycles. The first-order chi connectivity index (χ1) is 14.2. The summed E-state index contributed by atoms with van der Waals surface area (Å²) in [5.41, 5.74) is 3.55. The van der Waals surface area contributed by atoms with Crippen LogP contribution in [0.5, 0.6) is 5.75 Å². The van der Waals surface area contributed by atoms with Crippen LogP contribution >= 0.6 is 0 Å². The smallest absolute Gasteiger partial charge is 0.337 e. The molecule has 1 N–H and O–H groups in total. The third-order valence-corrected chi connectivity index (χ3v) is 4.92. The van der Waals surface area contributed by atoms with E-state index in [0.717, 1.165) is 22.1 Å². The molecule has 0 saturated heterocycles. The molecule has 5 heteroatoms. The van der Waals surface area contributed by atoms with Crippen LogP contribution in [0.1, 0.15) is 15.9 Å². The summed E-state index contributed by atoms with van der Waals surface area (Å²) >= 11 is 0. The minimum atomic E-state index is -1.02. The second kappa shape index (κ2) is 6.87. The van der Waals surface area contributed by atoms with Crippen molar-refractivity contribution in [1.82, 2.24) is 9.97 Å². The predicted octanol–water partition coefficient (Wildman–Crippen LogP) is 5.21. The largest absolute Gasteiger partial charge is 0.488 e. The molecule has 1 heterocycles. The highest BCUT2D eigenvalue weighted by Crippen LogP contribution is 2.32. The van der Waals surface area contributed by atoms with Crippen molar-refractivity contribution in [3.8, 4) is 5.75 Å². The standard InChI is InChI=1S/C24H16N2O3/c27-24(28)18-9-4-10-19-23(18)26-22-17-8-5-11-21(16(17)12-13-20(22)25-19)29-14-15-6-2-1-3-7-15/h1-13H,14H2,(H,27,28). The predicted molar refractivity (Wildman–Crippen MR) is 112 cm³/mol. The van der Waals surface area contributed by atoms with Crippen molar-refractivity contribution in [2.45, 2.75) is 6.61 Å². The van der Waals surface area contributed by atoms with Crippen LogP contribution in [0.2, 0.25) is 0 Å². The Morgan fingerprint density at radius 2 is 1.55 bits per heavy atom. The molecule has 0 aliphatic rings. The lowest BCUT2D eigenvalue weighted by atomic mass is 10.1. The van der Waals surface area contributed by atoms with E-state index in [0.29, 0.717) is 28.7 Å². The fraction of sp³-hybridized carbons (Fsp3) is 0.0417. The van der Waals surface area contributed by atoms with E-state index in [-0.39, 0.29) is 5.56 Å². The molecule has 5 nitrogen and oxygen atoms in total. The van der Waals surface area contributed by atoms with Crippen molar-refractivity contribution in [3.05, 3.63) is 90.0 Å². The van der Waals surface area contributed by atoms with Crippen LogP contribution < -0.4 is 4.74 Å². The molecular weight excluding hydrogens is 364 g/mol. The topological polar surface area (TPSA) is 72.3 Å². The van der Waals surface area contributed by atoms with Gasteiger partial charge in [-0.3, -0.25) is 0 Å². The summed E-state index contributed by atoms with van der Waals surface area (Å²) < 4.78 is 6.06. The van der Waals surface area contributed by atoms with Crippen molar-refractivity contribution in [2.24, 2.45) is 0 Å². The van der Waals surface area contributed by atoms with Crippen LogP contribution in [-0.4, -0.2) is 21.0 Å². The number of rotatable bonds is 4. The summed E-state index contributed by atoms with van der Waals surface area (Å²) in [6, 6.07) is 24.6. The molecule has 140 valence electrons. The van der Waals surface area contributed by atoms with Gasteiger partial charge in [-0.15, -0.1) is 0 Å². The molecule has 0 unspecified atom stereocenters. The molecule has 0 aliphatic carbocycles. The summed E-state index contributed by atoms with van der Waals surface area (Å²) in [6.45, 7) is 0.463. The number of ether oxygens (including phenoxy) is 1. The van der Waals surface area contributed by atoms with E-state index in [2.05, 4.69) is 9.97 Å². The Morgan fingerprint density at radius 1 is 0.759 bits per heavy atom. The number of benzene rings is 4. The molecule has 0 bridgehead atoms. The molecule has 29 heavy (non-hydrogen) atoms. The van der Waals surface area contributed by atoms with E-state index >= 15 is 0 Å². The first kappa shape index (κ1) is 17.1. The number of hydrogen-bond acceptors (Lipinski definition) is 4. The van der Waals surface area contributed by atoms with Gasteiger partial charge >= 0.3 is 5.97 Å².